The third kappa shape index (κ3) is 22.5. The molecule has 516 valence electrons. The fraction of sp³-hybridized carbons (Fsp3) is 0.455. The van der Waals surface area contributed by atoms with Crippen LogP contribution in [0.1, 0.15) is 216 Å². The number of carbonyl (C=O) groups is 12. The lowest BCUT2D eigenvalue weighted by Crippen LogP contribution is -2.25. The largest absolute Gasteiger partial charge is 0.456 e. The number of carbonyl (C=O) groups excluding carboxylic acids is 12. The molecule has 96 heavy (non-hydrogen) atoms. The Hall–Kier alpha value is -8.16. The molecule has 7 rings (SSSR count). The molecule has 12 bridgehead atoms. The van der Waals surface area contributed by atoms with Crippen molar-refractivity contribution in [3.05, 3.63) is 99.0 Å². The highest BCUT2D eigenvalue weighted by molar-refractivity contribution is 7.19. The second-order valence-electron chi connectivity index (χ2n) is 28.1. The van der Waals surface area contributed by atoms with Gasteiger partial charge in [-0.2, -0.15) is 0 Å². The first-order valence-electron chi connectivity index (χ1n) is 30.1. The molecule has 0 saturated heterocycles. The van der Waals surface area contributed by atoms with Gasteiger partial charge in [-0.05, 0) is 161 Å². The summed E-state index contributed by atoms with van der Waals surface area (Å²) in [5.41, 5.74) is -6.50. The van der Waals surface area contributed by atoms with Crippen molar-refractivity contribution in [1.29, 1.82) is 0 Å². The quantitative estimate of drug-likeness (QED) is 0.0666. The van der Waals surface area contributed by atoms with Crippen LogP contribution in [0.3, 0.4) is 0 Å². The number of rotatable bonds is 6. The first-order valence-corrected chi connectivity index (χ1v) is 35.0. The maximum absolute atomic E-state index is 14.1. The lowest BCUT2D eigenvalue weighted by molar-refractivity contribution is -0.116. The van der Waals surface area contributed by atoms with Crippen LogP contribution in [0.25, 0.3) is 0 Å². The molecule has 0 saturated carbocycles. The minimum Gasteiger partial charge on any atom is -0.456 e. The molecule has 0 atom stereocenters. The van der Waals surface area contributed by atoms with Gasteiger partial charge in [0.15, 0.2) is 0 Å². The molecule has 6 aromatic heterocycles. The first kappa shape index (κ1) is 75.2. The molecule has 6 aromatic rings. The second kappa shape index (κ2) is 29.3. The summed E-state index contributed by atoms with van der Waals surface area (Å²) in [6.07, 6.45) is -2.42. The summed E-state index contributed by atoms with van der Waals surface area (Å²) in [5, 5.41) is 16.6. The van der Waals surface area contributed by atoms with Crippen LogP contribution < -0.4 is 31.9 Å². The third-order valence-electron chi connectivity index (χ3n) is 11.9. The predicted octanol–water partition coefficient (Wildman–Crippen LogP) is 13.2. The van der Waals surface area contributed by atoms with E-state index >= 15 is 0 Å². The highest BCUT2D eigenvalue weighted by Gasteiger charge is 2.33. The SMILES string of the molecule is CC(C)(C)OC(=O)c1cc2sc1NC(=O)Cc1cc(C(=O)OC(C)(C)C)c(s1)NC(=O)Cc1cc(C(=O)OC(C)(C)C)c(s1)NC(=O)Cc1cc(C(=O)OC(C)(C)C)c(s1)NC(=O)Cc1cc(C(=O)OC(C)(C)C)c(s1)NC(=O)Cc1cc(C(=O)OC(C)(C)C)c(s1)NC(=O)C2. The van der Waals surface area contributed by atoms with E-state index in [1.165, 1.54) is 36.4 Å². The molecule has 6 N–H and O–H groups in total. The fourth-order valence-electron chi connectivity index (χ4n) is 8.61. The van der Waals surface area contributed by atoms with E-state index in [0.29, 0.717) is 0 Å². The minimum absolute atomic E-state index is 0.0118. The molecule has 0 aliphatic carbocycles. The number of amides is 6. The van der Waals surface area contributed by atoms with E-state index in [1.54, 1.807) is 125 Å². The third-order valence-corrected chi connectivity index (χ3v) is 18.2. The number of esters is 6. The maximum Gasteiger partial charge on any atom is 0.341 e. The summed E-state index contributed by atoms with van der Waals surface area (Å²) in [7, 11) is 0. The van der Waals surface area contributed by atoms with Crippen molar-refractivity contribution in [2.75, 3.05) is 31.9 Å². The molecule has 1 aliphatic heterocycles. The fourth-order valence-corrected chi connectivity index (χ4v) is 15.0. The standard InChI is InChI=1S/C66H78N6O18S6/c1-61(2,3)85-55(79)37-19-31-25-44(74)68-50-39(57(81)87-63(7,8)9)21-33(93-50)27-46(76)70-52-41(59(83)89-65(13,14)15)23-35(95-52)29-48(78)72-54-42(60(84)90-66(16,17)18)24-36(96-54)30-47(77)71-53-40(58(82)88-64(10,11)12)22-34(94-53)28-45(75)69-51-38(56(80)86-62(4,5)6)20-32(92-51)26-43(73)67-49(37)91-31/h19-24H,25-30H2,1-18H3,(H,67,73)(H,68,74)(H,69,75)(H,70,76)(H,71,77)(H,72,78). The zero-order valence-electron chi connectivity index (χ0n) is 56.5. The highest BCUT2D eigenvalue weighted by Crippen LogP contribution is 2.39. The smallest absolute Gasteiger partial charge is 0.341 e. The average Bonchev–Trinajstić information content (AvgIpc) is 1.69. The topological polar surface area (TPSA) is 332 Å². The molecule has 0 aromatic carbocycles. The van der Waals surface area contributed by atoms with Crippen molar-refractivity contribution < 1.29 is 86.0 Å². The van der Waals surface area contributed by atoms with Crippen molar-refractivity contribution in [2.24, 2.45) is 0 Å². The van der Waals surface area contributed by atoms with Gasteiger partial charge < -0.3 is 60.3 Å². The van der Waals surface area contributed by atoms with Crippen LogP contribution in [0, 0.1) is 0 Å². The molecule has 1 aliphatic rings. The monoisotopic (exact) mass is 1430 g/mol. The van der Waals surface area contributed by atoms with Gasteiger partial charge >= 0.3 is 35.8 Å². The van der Waals surface area contributed by atoms with Gasteiger partial charge in [-0.15, -0.1) is 68.0 Å². The number of fused-ring (bicyclic) bond motifs is 12. The van der Waals surface area contributed by atoms with Crippen LogP contribution in [0.4, 0.5) is 30.0 Å². The van der Waals surface area contributed by atoms with E-state index < -0.39 is 143 Å². The van der Waals surface area contributed by atoms with E-state index in [4.69, 9.17) is 28.4 Å². The highest BCUT2D eigenvalue weighted by atomic mass is 32.1. The van der Waals surface area contributed by atoms with Gasteiger partial charge in [0.2, 0.25) is 35.4 Å². The van der Waals surface area contributed by atoms with E-state index in [-0.39, 0.29) is 92.7 Å². The van der Waals surface area contributed by atoms with Crippen molar-refractivity contribution in [3.63, 3.8) is 0 Å². The lowest BCUT2D eigenvalue weighted by Gasteiger charge is -2.19. The summed E-state index contributed by atoms with van der Waals surface area (Å²) in [5.74, 6) is -9.02. The van der Waals surface area contributed by atoms with Crippen LogP contribution >= 0.6 is 68.0 Å². The molecule has 24 nitrogen and oxygen atoms in total. The van der Waals surface area contributed by atoms with Gasteiger partial charge in [0.1, 0.15) is 63.6 Å². The predicted molar refractivity (Wildman–Crippen MR) is 371 cm³/mol. The number of nitrogens with one attached hydrogen (secondary N) is 6. The Morgan fingerprint density at radius 2 is 0.365 bits per heavy atom. The number of hydrogen-bond acceptors (Lipinski definition) is 24. The summed E-state index contributed by atoms with van der Waals surface area (Å²) in [4.78, 5) is 169. The van der Waals surface area contributed by atoms with E-state index in [9.17, 15) is 57.5 Å². The Kier molecular flexibility index (Phi) is 22.9. The van der Waals surface area contributed by atoms with Crippen LogP contribution in [-0.2, 0) is 95.7 Å². The van der Waals surface area contributed by atoms with Crippen LogP contribution in [-0.4, -0.2) is 105 Å². The molecule has 6 amide bonds. The zero-order chi connectivity index (χ0) is 71.5. The van der Waals surface area contributed by atoms with Crippen LogP contribution in [0.5, 0.6) is 0 Å². The zero-order valence-corrected chi connectivity index (χ0v) is 61.4. The molecule has 0 radical (unpaired) electrons. The Morgan fingerprint density at radius 3 is 0.469 bits per heavy atom. The normalized spacial score (nSPS) is 14.6. The number of hydrogen-bond donors (Lipinski definition) is 6. The van der Waals surface area contributed by atoms with Crippen LogP contribution in [0.15, 0.2) is 36.4 Å². The van der Waals surface area contributed by atoms with Crippen molar-refractivity contribution in [3.8, 4) is 0 Å². The molecule has 30 heteroatoms. The van der Waals surface area contributed by atoms with Gasteiger partial charge in [0.05, 0.1) is 71.9 Å². The molecule has 0 unspecified atom stereocenters. The second-order valence-corrected chi connectivity index (χ2v) is 34.9. The van der Waals surface area contributed by atoms with Gasteiger partial charge in [0, 0.05) is 29.3 Å². The van der Waals surface area contributed by atoms with Gasteiger partial charge in [-0.1, -0.05) is 0 Å². The number of anilines is 6. The minimum atomic E-state index is -0.994. The Morgan fingerprint density at radius 1 is 0.250 bits per heavy atom. The maximum atomic E-state index is 14.1. The van der Waals surface area contributed by atoms with E-state index in [0.717, 1.165) is 68.0 Å². The summed E-state index contributed by atoms with van der Waals surface area (Å²) in [6.45, 7) is 29.7. The molecular formula is C66H78N6O18S6. The van der Waals surface area contributed by atoms with Crippen LogP contribution in [0.2, 0.25) is 0 Å². The Bertz CT molecular complexity index is 3410. The van der Waals surface area contributed by atoms with Gasteiger partial charge in [-0.25, -0.2) is 28.8 Å². The van der Waals surface area contributed by atoms with Crippen molar-refractivity contribution >= 4 is 169 Å². The average molecular weight is 1440 g/mol. The number of ether oxygens (including phenoxy) is 6. The van der Waals surface area contributed by atoms with Crippen molar-refractivity contribution in [2.45, 2.75) is 197 Å². The summed E-state index contributed by atoms with van der Waals surface area (Å²) in [6, 6.07) is 8.32. The Balaban J connectivity index is 1.31. The van der Waals surface area contributed by atoms with E-state index in [1.807, 2.05) is 0 Å². The molecule has 0 spiro atoms. The van der Waals surface area contributed by atoms with Crippen molar-refractivity contribution in [1.82, 2.24) is 0 Å². The molecule has 0 fully saturated rings. The van der Waals surface area contributed by atoms with Gasteiger partial charge in [0.25, 0.3) is 0 Å². The van der Waals surface area contributed by atoms with E-state index in [2.05, 4.69) is 31.9 Å². The summed E-state index contributed by atoms with van der Waals surface area (Å²) >= 11 is 5.38. The Labute approximate surface area is 579 Å². The summed E-state index contributed by atoms with van der Waals surface area (Å²) < 4.78 is 34.2. The molecule has 7 heterocycles. The number of thiophene rings is 6. The first-order chi connectivity index (χ1) is 44.1. The molecular weight excluding hydrogens is 1360 g/mol. The van der Waals surface area contributed by atoms with Gasteiger partial charge in [-0.3, -0.25) is 28.8 Å². The lowest BCUT2D eigenvalue weighted by atomic mass is 10.1.